The number of methoxy groups -OCH3 is 1. The number of esters is 1. The minimum absolute atomic E-state index is 0. The Morgan fingerprint density at radius 3 is 2.55 bits per heavy atom. The first-order valence-electron chi connectivity index (χ1n) is 5.90. The van der Waals surface area contributed by atoms with E-state index in [4.69, 9.17) is 15.2 Å². The fourth-order valence-electron chi connectivity index (χ4n) is 1.59. The third kappa shape index (κ3) is 5.64. The minimum Gasteiger partial charge on any atom is -0.504 e. The van der Waals surface area contributed by atoms with Gasteiger partial charge in [-0.3, -0.25) is 4.79 Å². The molecule has 2 atom stereocenters. The number of aromatic hydroxyl groups is 2. The van der Waals surface area contributed by atoms with Crippen molar-refractivity contribution in [1.29, 1.82) is 0 Å². The maximum Gasteiger partial charge on any atom is 0.323 e. The molecule has 0 bridgehead atoms. The molecule has 20 heavy (non-hydrogen) atoms. The topological polar surface area (TPSA) is 102 Å². The molecule has 0 saturated carbocycles. The molecule has 0 aliphatic rings. The molecule has 6 nitrogen and oxygen atoms in total. The number of benzene rings is 1. The number of carbonyl (C=O) groups excluding carboxylic acids is 1. The number of rotatable bonds is 6. The van der Waals surface area contributed by atoms with Gasteiger partial charge in [0.1, 0.15) is 12.1 Å². The van der Waals surface area contributed by atoms with Crippen LogP contribution in [0.2, 0.25) is 0 Å². The molecule has 4 N–H and O–H groups in total. The molecule has 0 aliphatic heterocycles. The summed E-state index contributed by atoms with van der Waals surface area (Å²) < 4.78 is 9.93. The normalized spacial score (nSPS) is 13.2. The van der Waals surface area contributed by atoms with Crippen LogP contribution < -0.4 is 5.73 Å². The zero-order valence-electron chi connectivity index (χ0n) is 11.4. The van der Waals surface area contributed by atoms with Gasteiger partial charge in [0.05, 0.1) is 6.61 Å². The molecule has 0 spiro atoms. The zero-order valence-corrected chi connectivity index (χ0v) is 12.2. The van der Waals surface area contributed by atoms with Gasteiger partial charge in [0.15, 0.2) is 11.5 Å². The van der Waals surface area contributed by atoms with Gasteiger partial charge in [-0.25, -0.2) is 0 Å². The highest BCUT2D eigenvalue weighted by molar-refractivity contribution is 5.85. The summed E-state index contributed by atoms with van der Waals surface area (Å²) in [5, 5.41) is 18.5. The lowest BCUT2D eigenvalue weighted by Gasteiger charge is -2.16. The van der Waals surface area contributed by atoms with Crippen LogP contribution in [0, 0.1) is 0 Å². The Balaban J connectivity index is 0.00000361. The van der Waals surface area contributed by atoms with Crippen molar-refractivity contribution in [2.24, 2.45) is 5.73 Å². The molecule has 0 radical (unpaired) electrons. The van der Waals surface area contributed by atoms with E-state index in [9.17, 15) is 15.0 Å². The van der Waals surface area contributed by atoms with E-state index >= 15 is 0 Å². The van der Waals surface area contributed by atoms with Crippen LogP contribution in [0.3, 0.4) is 0 Å². The van der Waals surface area contributed by atoms with Gasteiger partial charge in [-0.05, 0) is 31.0 Å². The van der Waals surface area contributed by atoms with E-state index in [2.05, 4.69) is 0 Å². The van der Waals surface area contributed by atoms with E-state index < -0.39 is 12.0 Å². The van der Waals surface area contributed by atoms with E-state index in [-0.39, 0.29) is 36.4 Å². The lowest BCUT2D eigenvalue weighted by atomic mass is 10.1. The molecule has 0 saturated heterocycles. The van der Waals surface area contributed by atoms with Gasteiger partial charge in [-0.1, -0.05) is 6.07 Å². The second-order valence-corrected chi connectivity index (χ2v) is 4.34. The van der Waals surface area contributed by atoms with Crippen LogP contribution in [0.4, 0.5) is 0 Å². The summed E-state index contributed by atoms with van der Waals surface area (Å²) in [4.78, 5) is 11.7. The van der Waals surface area contributed by atoms with Crippen molar-refractivity contribution in [2.45, 2.75) is 25.5 Å². The molecule has 0 aromatic heterocycles. The molecule has 0 fully saturated rings. The van der Waals surface area contributed by atoms with Gasteiger partial charge in [0.25, 0.3) is 0 Å². The number of halogens is 1. The van der Waals surface area contributed by atoms with Crippen LogP contribution in [-0.2, 0) is 20.7 Å². The van der Waals surface area contributed by atoms with Crippen molar-refractivity contribution < 1.29 is 24.5 Å². The number of phenolic OH excluding ortho intramolecular Hbond substituents is 2. The minimum atomic E-state index is -0.830. The standard InChI is InChI=1S/C13H19NO5.ClH/c1-8(7-18-2)19-13(17)10(14)5-9-3-4-11(15)12(16)6-9;/h3-4,6,8,10,15-16H,5,7,14H2,1-2H3;1H/t8?,10-;/m0./s1. The maximum absolute atomic E-state index is 11.7. The summed E-state index contributed by atoms with van der Waals surface area (Å²) in [6.07, 6.45) is -0.149. The monoisotopic (exact) mass is 305 g/mol. The first-order chi connectivity index (χ1) is 8.93. The SMILES string of the molecule is COCC(C)OC(=O)[C@@H](N)Cc1ccc(O)c(O)c1.Cl. The Morgan fingerprint density at radius 2 is 2.00 bits per heavy atom. The van der Waals surface area contributed by atoms with Crippen molar-refractivity contribution in [3.63, 3.8) is 0 Å². The second kappa shape index (κ2) is 8.63. The van der Waals surface area contributed by atoms with Crippen LogP contribution in [0.15, 0.2) is 18.2 Å². The summed E-state index contributed by atoms with van der Waals surface area (Å²) in [6, 6.07) is 3.46. The van der Waals surface area contributed by atoms with Gasteiger partial charge in [0.2, 0.25) is 0 Å². The molecule has 1 rings (SSSR count). The third-order valence-electron chi connectivity index (χ3n) is 2.52. The summed E-state index contributed by atoms with van der Waals surface area (Å²) >= 11 is 0. The predicted molar refractivity (Wildman–Crippen MR) is 76.1 cm³/mol. The molecule has 0 aliphatic carbocycles. The van der Waals surface area contributed by atoms with Crippen molar-refractivity contribution >= 4 is 18.4 Å². The lowest BCUT2D eigenvalue weighted by molar-refractivity contribution is -0.152. The molecule has 1 aromatic carbocycles. The van der Waals surface area contributed by atoms with Gasteiger partial charge >= 0.3 is 5.97 Å². The number of carbonyl (C=O) groups is 1. The molecular formula is C13H20ClNO5. The predicted octanol–water partition coefficient (Wildman–Crippen LogP) is 0.968. The summed E-state index contributed by atoms with van der Waals surface area (Å²) in [6.45, 7) is 2.01. The van der Waals surface area contributed by atoms with Crippen molar-refractivity contribution in [1.82, 2.24) is 0 Å². The van der Waals surface area contributed by atoms with E-state index in [1.54, 1.807) is 13.0 Å². The number of ether oxygens (including phenoxy) is 2. The first-order valence-corrected chi connectivity index (χ1v) is 5.90. The highest BCUT2D eigenvalue weighted by Gasteiger charge is 2.18. The number of nitrogens with two attached hydrogens (primary N) is 1. The Labute approximate surface area is 123 Å². The smallest absolute Gasteiger partial charge is 0.323 e. The molecule has 0 amide bonds. The van der Waals surface area contributed by atoms with E-state index in [0.717, 1.165) is 0 Å². The van der Waals surface area contributed by atoms with Crippen molar-refractivity contribution in [2.75, 3.05) is 13.7 Å². The average molecular weight is 306 g/mol. The van der Waals surface area contributed by atoms with Crippen LogP contribution in [0.25, 0.3) is 0 Å². The summed E-state index contributed by atoms with van der Waals surface area (Å²) in [5.74, 6) is -0.989. The van der Waals surface area contributed by atoms with E-state index in [0.29, 0.717) is 12.2 Å². The largest absolute Gasteiger partial charge is 0.504 e. The zero-order chi connectivity index (χ0) is 14.4. The summed E-state index contributed by atoms with van der Waals surface area (Å²) in [7, 11) is 1.52. The third-order valence-corrected chi connectivity index (χ3v) is 2.52. The molecule has 1 aromatic rings. The van der Waals surface area contributed by atoms with E-state index in [1.165, 1.54) is 19.2 Å². The quantitative estimate of drug-likeness (QED) is 0.534. The van der Waals surface area contributed by atoms with Gasteiger partial charge in [-0.2, -0.15) is 0 Å². The average Bonchev–Trinajstić information content (AvgIpc) is 2.34. The van der Waals surface area contributed by atoms with Gasteiger partial charge < -0.3 is 25.4 Å². The van der Waals surface area contributed by atoms with Crippen molar-refractivity contribution in [3.05, 3.63) is 23.8 Å². The number of phenols is 2. The lowest BCUT2D eigenvalue weighted by Crippen LogP contribution is -2.37. The Morgan fingerprint density at radius 1 is 1.35 bits per heavy atom. The van der Waals surface area contributed by atoms with Crippen LogP contribution in [0.1, 0.15) is 12.5 Å². The Kier molecular flexibility index (Phi) is 7.98. The fourth-order valence-corrected chi connectivity index (χ4v) is 1.59. The van der Waals surface area contributed by atoms with E-state index in [1.807, 2.05) is 0 Å². The van der Waals surface area contributed by atoms with Crippen molar-refractivity contribution in [3.8, 4) is 11.5 Å². The van der Waals surface area contributed by atoms with Crippen LogP contribution in [0.5, 0.6) is 11.5 Å². The Hall–Kier alpha value is -1.50. The number of hydrogen-bond acceptors (Lipinski definition) is 6. The first kappa shape index (κ1) is 18.5. The van der Waals surface area contributed by atoms with Crippen LogP contribution in [-0.4, -0.2) is 42.0 Å². The second-order valence-electron chi connectivity index (χ2n) is 4.34. The fraction of sp³-hybridized carbons (Fsp3) is 0.462. The maximum atomic E-state index is 11.7. The molecule has 7 heteroatoms. The van der Waals surface area contributed by atoms with Gasteiger partial charge in [-0.15, -0.1) is 12.4 Å². The molecule has 1 unspecified atom stereocenters. The highest BCUT2D eigenvalue weighted by atomic mass is 35.5. The highest BCUT2D eigenvalue weighted by Crippen LogP contribution is 2.25. The molecule has 114 valence electrons. The molecule has 0 heterocycles. The van der Waals surface area contributed by atoms with Gasteiger partial charge in [0, 0.05) is 7.11 Å². The van der Waals surface area contributed by atoms with Crippen LogP contribution >= 0.6 is 12.4 Å². The number of hydrogen-bond donors (Lipinski definition) is 3. The summed E-state index contributed by atoms with van der Waals surface area (Å²) in [5.41, 5.74) is 6.36. The Bertz CT molecular complexity index is 441. The molecular weight excluding hydrogens is 286 g/mol.